The Morgan fingerprint density at radius 1 is 1.12 bits per heavy atom. The molecule has 0 atom stereocenters. The maximum absolute atomic E-state index is 11.8. The van der Waals surface area contributed by atoms with E-state index in [1.54, 1.807) is 32.6 Å². The van der Waals surface area contributed by atoms with Crippen molar-refractivity contribution in [2.45, 2.75) is 13.3 Å². The third-order valence-corrected chi connectivity index (χ3v) is 3.64. The Balaban J connectivity index is 1.96. The largest absolute Gasteiger partial charge is 0.354 e. The molecule has 24 heavy (non-hydrogen) atoms. The molecule has 0 aliphatic carbocycles. The molecule has 0 unspecified atom stereocenters. The number of fused-ring (bicyclic) bond motifs is 1. The van der Waals surface area contributed by atoms with Gasteiger partial charge in [0.15, 0.2) is 5.65 Å². The number of carbonyl (C=O) groups excluding carboxylic acids is 2. The van der Waals surface area contributed by atoms with E-state index in [2.05, 4.69) is 20.6 Å². The lowest BCUT2D eigenvalue weighted by Crippen LogP contribution is -2.19. The van der Waals surface area contributed by atoms with Crippen molar-refractivity contribution in [1.82, 2.24) is 19.7 Å². The zero-order valence-electron chi connectivity index (χ0n) is 13.4. The average Bonchev–Trinajstić information content (AvgIpc) is 3.04. The number of nitrogens with one attached hydrogen (secondary N) is 2. The first kappa shape index (κ1) is 15.7. The molecule has 0 radical (unpaired) electrons. The van der Waals surface area contributed by atoms with E-state index in [9.17, 15) is 9.59 Å². The first-order valence-electron chi connectivity index (χ1n) is 7.58. The standard InChI is InChI=1S/C17H17N5O2/c1-3-16(23)21-12-6-4-11(5-7-12)14-8-20-15-9-19-13(10-22(14)15)17(24)18-2/h4-10H,3H2,1-2H3,(H,18,24)(H,21,23). The highest BCUT2D eigenvalue weighted by Gasteiger charge is 2.11. The van der Waals surface area contributed by atoms with Gasteiger partial charge in [-0.05, 0) is 12.1 Å². The van der Waals surface area contributed by atoms with Crippen molar-refractivity contribution in [2.24, 2.45) is 0 Å². The Kier molecular flexibility index (Phi) is 4.24. The van der Waals surface area contributed by atoms with Crippen molar-refractivity contribution < 1.29 is 9.59 Å². The Labute approximate surface area is 138 Å². The number of rotatable bonds is 4. The third-order valence-electron chi connectivity index (χ3n) is 3.64. The van der Waals surface area contributed by atoms with Crippen LogP contribution in [0.4, 0.5) is 5.69 Å². The number of amides is 2. The van der Waals surface area contributed by atoms with Crippen molar-refractivity contribution in [1.29, 1.82) is 0 Å². The zero-order valence-corrected chi connectivity index (χ0v) is 13.4. The summed E-state index contributed by atoms with van der Waals surface area (Å²) in [5.41, 5.74) is 3.47. The number of aromatic nitrogens is 3. The third kappa shape index (κ3) is 2.96. The van der Waals surface area contributed by atoms with Crippen LogP contribution in [0.5, 0.6) is 0 Å². The SMILES string of the molecule is CCC(=O)Nc1ccc(-c2cnc3cnc(C(=O)NC)cn23)cc1. The average molecular weight is 323 g/mol. The molecular formula is C17H17N5O2. The molecule has 3 rings (SSSR count). The fourth-order valence-corrected chi connectivity index (χ4v) is 2.32. The minimum Gasteiger partial charge on any atom is -0.354 e. The number of nitrogens with zero attached hydrogens (tertiary/aromatic N) is 3. The molecule has 2 aromatic heterocycles. The molecule has 0 spiro atoms. The van der Waals surface area contributed by atoms with E-state index in [1.165, 1.54) is 0 Å². The van der Waals surface area contributed by atoms with E-state index >= 15 is 0 Å². The molecule has 2 N–H and O–H groups in total. The van der Waals surface area contributed by atoms with Gasteiger partial charge in [-0.15, -0.1) is 0 Å². The van der Waals surface area contributed by atoms with Crippen molar-refractivity contribution in [3.8, 4) is 11.3 Å². The van der Waals surface area contributed by atoms with E-state index in [0.29, 0.717) is 17.8 Å². The molecule has 0 aliphatic rings. The summed E-state index contributed by atoms with van der Waals surface area (Å²) in [6.45, 7) is 1.81. The van der Waals surface area contributed by atoms with Crippen LogP contribution < -0.4 is 10.6 Å². The van der Waals surface area contributed by atoms with Gasteiger partial charge in [-0.2, -0.15) is 0 Å². The van der Waals surface area contributed by atoms with Gasteiger partial charge in [0.25, 0.3) is 5.91 Å². The maximum atomic E-state index is 11.8. The van der Waals surface area contributed by atoms with Gasteiger partial charge >= 0.3 is 0 Å². The molecule has 0 saturated heterocycles. The summed E-state index contributed by atoms with van der Waals surface area (Å²) in [5.74, 6) is -0.284. The molecule has 0 fully saturated rings. The van der Waals surface area contributed by atoms with Crippen molar-refractivity contribution in [2.75, 3.05) is 12.4 Å². The number of carbonyl (C=O) groups is 2. The predicted molar refractivity (Wildman–Crippen MR) is 90.7 cm³/mol. The molecule has 0 aliphatic heterocycles. The monoisotopic (exact) mass is 323 g/mol. The lowest BCUT2D eigenvalue weighted by molar-refractivity contribution is -0.115. The summed E-state index contributed by atoms with van der Waals surface area (Å²) < 4.78 is 1.82. The van der Waals surface area contributed by atoms with E-state index in [1.807, 2.05) is 28.7 Å². The van der Waals surface area contributed by atoms with Gasteiger partial charge in [-0.3, -0.25) is 14.0 Å². The molecule has 2 heterocycles. The molecular weight excluding hydrogens is 306 g/mol. The van der Waals surface area contributed by atoms with Crippen LogP contribution in [0.2, 0.25) is 0 Å². The second-order valence-electron chi connectivity index (χ2n) is 5.20. The summed E-state index contributed by atoms with van der Waals surface area (Å²) in [4.78, 5) is 31.6. The highest BCUT2D eigenvalue weighted by atomic mass is 16.2. The Morgan fingerprint density at radius 2 is 1.88 bits per heavy atom. The van der Waals surface area contributed by atoms with Crippen LogP contribution in [0.15, 0.2) is 42.9 Å². The van der Waals surface area contributed by atoms with Crippen LogP contribution in [-0.2, 0) is 4.79 Å². The minimum atomic E-state index is -0.255. The highest BCUT2D eigenvalue weighted by Crippen LogP contribution is 2.22. The predicted octanol–water partition coefficient (Wildman–Crippen LogP) is 2.10. The Hall–Kier alpha value is -3.22. The van der Waals surface area contributed by atoms with Crippen LogP contribution in [0.1, 0.15) is 23.8 Å². The number of hydrogen-bond donors (Lipinski definition) is 2. The summed E-state index contributed by atoms with van der Waals surface area (Å²) >= 11 is 0. The van der Waals surface area contributed by atoms with E-state index in [0.717, 1.165) is 16.9 Å². The van der Waals surface area contributed by atoms with Gasteiger partial charge in [0, 0.05) is 30.9 Å². The minimum absolute atomic E-state index is 0.0288. The maximum Gasteiger partial charge on any atom is 0.271 e. The first-order valence-corrected chi connectivity index (χ1v) is 7.58. The van der Waals surface area contributed by atoms with Gasteiger partial charge in [0.05, 0.1) is 18.1 Å². The van der Waals surface area contributed by atoms with Crippen molar-refractivity contribution >= 4 is 23.1 Å². The molecule has 1 aromatic carbocycles. The lowest BCUT2D eigenvalue weighted by atomic mass is 10.1. The lowest BCUT2D eigenvalue weighted by Gasteiger charge is -2.06. The number of anilines is 1. The molecule has 7 nitrogen and oxygen atoms in total. The second kappa shape index (κ2) is 6.49. The molecule has 0 saturated carbocycles. The Morgan fingerprint density at radius 3 is 2.54 bits per heavy atom. The highest BCUT2D eigenvalue weighted by molar-refractivity contribution is 5.92. The van der Waals surface area contributed by atoms with Crippen molar-refractivity contribution in [3.05, 3.63) is 48.5 Å². The topological polar surface area (TPSA) is 88.4 Å². The molecule has 7 heteroatoms. The normalized spacial score (nSPS) is 10.6. The molecule has 2 amide bonds. The van der Waals surface area contributed by atoms with Gasteiger partial charge in [0.2, 0.25) is 5.91 Å². The van der Waals surface area contributed by atoms with Gasteiger partial charge in [-0.25, -0.2) is 9.97 Å². The summed E-state index contributed by atoms with van der Waals surface area (Å²) in [6, 6.07) is 7.47. The zero-order chi connectivity index (χ0) is 17.1. The van der Waals surface area contributed by atoms with Crippen molar-refractivity contribution in [3.63, 3.8) is 0 Å². The molecule has 3 aromatic rings. The van der Waals surface area contributed by atoms with Crippen LogP contribution >= 0.6 is 0 Å². The fraction of sp³-hybridized carbons (Fsp3) is 0.176. The number of benzene rings is 1. The van der Waals surface area contributed by atoms with Crippen LogP contribution in [0, 0.1) is 0 Å². The fourth-order valence-electron chi connectivity index (χ4n) is 2.32. The Bertz CT molecular complexity index is 899. The summed E-state index contributed by atoms with van der Waals surface area (Å²) in [5, 5.41) is 5.36. The summed E-state index contributed by atoms with van der Waals surface area (Å²) in [6.07, 6.45) is 5.38. The first-order chi connectivity index (χ1) is 11.6. The van der Waals surface area contributed by atoms with Crippen LogP contribution in [0.25, 0.3) is 16.9 Å². The summed E-state index contributed by atoms with van der Waals surface area (Å²) in [7, 11) is 1.56. The number of hydrogen-bond acceptors (Lipinski definition) is 4. The quantitative estimate of drug-likeness (QED) is 0.769. The smallest absolute Gasteiger partial charge is 0.271 e. The van der Waals surface area contributed by atoms with E-state index in [-0.39, 0.29) is 11.8 Å². The second-order valence-corrected chi connectivity index (χ2v) is 5.20. The molecule has 122 valence electrons. The number of imidazole rings is 1. The molecule has 0 bridgehead atoms. The van der Waals surface area contributed by atoms with E-state index in [4.69, 9.17) is 0 Å². The van der Waals surface area contributed by atoms with Crippen LogP contribution in [0.3, 0.4) is 0 Å². The van der Waals surface area contributed by atoms with E-state index < -0.39 is 0 Å². The van der Waals surface area contributed by atoms with Gasteiger partial charge in [0.1, 0.15) is 5.69 Å². The van der Waals surface area contributed by atoms with Gasteiger partial charge in [-0.1, -0.05) is 19.1 Å². The van der Waals surface area contributed by atoms with Gasteiger partial charge < -0.3 is 10.6 Å². The van der Waals surface area contributed by atoms with Crippen LogP contribution in [-0.4, -0.2) is 33.2 Å².